The van der Waals surface area contributed by atoms with E-state index in [1.54, 1.807) is 0 Å². The van der Waals surface area contributed by atoms with Crippen LogP contribution in [0.5, 0.6) is 0 Å². The zero-order valence-electron chi connectivity index (χ0n) is 10.4. The van der Waals surface area contributed by atoms with Crippen LogP contribution in [0.25, 0.3) is 0 Å². The number of carbonyl (C=O) groups excluding carboxylic acids is 1. The van der Waals surface area contributed by atoms with Gasteiger partial charge in [-0.1, -0.05) is 0 Å². The predicted octanol–water partition coefficient (Wildman–Crippen LogP) is 3.09. The molecule has 0 spiro atoms. The van der Waals surface area contributed by atoms with Gasteiger partial charge in [0.25, 0.3) is 5.91 Å². The molecule has 2 N–H and O–H groups in total. The Labute approximate surface area is 115 Å². The number of carbonyl (C=O) groups is 1. The van der Waals surface area contributed by atoms with Gasteiger partial charge in [0.2, 0.25) is 0 Å². The van der Waals surface area contributed by atoms with Crippen LogP contribution >= 0.6 is 15.9 Å². The number of nitrogens with zero attached hydrogens (tertiary/aromatic N) is 1. The van der Waals surface area contributed by atoms with E-state index in [0.717, 1.165) is 10.0 Å². The lowest BCUT2D eigenvalue weighted by molar-refractivity contribution is 0.0940. The first-order chi connectivity index (χ1) is 8.58. The van der Waals surface area contributed by atoms with Crippen molar-refractivity contribution < 1.29 is 4.79 Å². The number of rotatable bonds is 4. The third-order valence-corrected chi connectivity index (χ3v) is 3.15. The molecule has 2 aromatic rings. The number of aromatic amines is 1. The Morgan fingerprint density at radius 1 is 1.56 bits per heavy atom. The van der Waals surface area contributed by atoms with Gasteiger partial charge in [-0.2, -0.15) is 0 Å². The summed E-state index contributed by atoms with van der Waals surface area (Å²) in [5.74, 6) is -0.0596. The molecule has 0 unspecified atom stereocenters. The average molecular weight is 310 g/mol. The Balaban J connectivity index is 2.09. The molecule has 96 valence electrons. The molecule has 0 aliphatic heterocycles. The van der Waals surface area contributed by atoms with Crippen molar-refractivity contribution in [1.29, 1.82) is 0 Å². The van der Waals surface area contributed by atoms with Crippen LogP contribution in [-0.2, 0) is 6.54 Å². The van der Waals surface area contributed by atoms with Crippen molar-refractivity contribution in [3.05, 3.63) is 46.5 Å². The summed E-state index contributed by atoms with van der Waals surface area (Å²) < 4.78 is 2.87. The lowest BCUT2D eigenvalue weighted by Crippen LogP contribution is -2.25. The van der Waals surface area contributed by atoms with E-state index in [2.05, 4.69) is 40.1 Å². The SMILES string of the molecule is CC(C)n1cc(Br)cc1C(=O)NCc1cc[nH]c1. The summed E-state index contributed by atoms with van der Waals surface area (Å²) in [5, 5.41) is 2.91. The van der Waals surface area contributed by atoms with Gasteiger partial charge in [-0.05, 0) is 47.5 Å². The van der Waals surface area contributed by atoms with Crippen molar-refractivity contribution in [2.24, 2.45) is 0 Å². The monoisotopic (exact) mass is 309 g/mol. The molecule has 0 saturated heterocycles. The van der Waals surface area contributed by atoms with E-state index in [1.165, 1.54) is 0 Å². The standard InChI is InChI=1S/C13H16BrN3O/c1-9(2)17-8-11(14)5-12(17)13(18)16-7-10-3-4-15-6-10/h3-6,8-9,15H,7H2,1-2H3,(H,16,18). The van der Waals surface area contributed by atoms with E-state index in [0.29, 0.717) is 12.2 Å². The van der Waals surface area contributed by atoms with Crippen LogP contribution in [0.2, 0.25) is 0 Å². The smallest absolute Gasteiger partial charge is 0.268 e. The fourth-order valence-electron chi connectivity index (χ4n) is 1.80. The third-order valence-electron chi connectivity index (χ3n) is 2.72. The Bertz CT molecular complexity index is 528. The second-order valence-electron chi connectivity index (χ2n) is 4.45. The summed E-state index contributed by atoms with van der Waals surface area (Å²) in [6, 6.07) is 4.04. The Morgan fingerprint density at radius 3 is 2.94 bits per heavy atom. The Kier molecular flexibility index (Phi) is 3.91. The fraction of sp³-hybridized carbons (Fsp3) is 0.308. The number of amides is 1. The highest BCUT2D eigenvalue weighted by molar-refractivity contribution is 9.10. The van der Waals surface area contributed by atoms with Crippen LogP contribution in [0.4, 0.5) is 0 Å². The van der Waals surface area contributed by atoms with E-state index >= 15 is 0 Å². The normalized spacial score (nSPS) is 10.9. The van der Waals surface area contributed by atoms with Crippen LogP contribution < -0.4 is 5.32 Å². The highest BCUT2D eigenvalue weighted by Gasteiger charge is 2.14. The largest absolute Gasteiger partial charge is 0.367 e. The van der Waals surface area contributed by atoms with Gasteiger partial charge in [0.1, 0.15) is 5.69 Å². The molecule has 0 aromatic carbocycles. The molecule has 0 atom stereocenters. The number of hydrogen-bond donors (Lipinski definition) is 2. The first-order valence-corrected chi connectivity index (χ1v) is 6.64. The zero-order chi connectivity index (χ0) is 13.1. The molecule has 5 heteroatoms. The van der Waals surface area contributed by atoms with E-state index < -0.39 is 0 Å². The van der Waals surface area contributed by atoms with Crippen LogP contribution in [0.1, 0.15) is 35.9 Å². The number of H-pyrrole nitrogens is 1. The first-order valence-electron chi connectivity index (χ1n) is 5.85. The van der Waals surface area contributed by atoms with Crippen molar-refractivity contribution >= 4 is 21.8 Å². The van der Waals surface area contributed by atoms with Gasteiger partial charge in [-0.15, -0.1) is 0 Å². The van der Waals surface area contributed by atoms with Crippen molar-refractivity contribution in [3.63, 3.8) is 0 Å². The molecule has 0 aliphatic carbocycles. The number of halogens is 1. The van der Waals surface area contributed by atoms with Gasteiger partial charge in [-0.25, -0.2) is 0 Å². The molecular formula is C13H16BrN3O. The van der Waals surface area contributed by atoms with Crippen LogP contribution in [0.15, 0.2) is 35.2 Å². The molecule has 2 heterocycles. The lowest BCUT2D eigenvalue weighted by Gasteiger charge is -2.12. The predicted molar refractivity (Wildman–Crippen MR) is 74.5 cm³/mol. The van der Waals surface area contributed by atoms with Crippen molar-refractivity contribution in [3.8, 4) is 0 Å². The van der Waals surface area contributed by atoms with E-state index in [1.807, 2.05) is 35.3 Å². The van der Waals surface area contributed by atoms with Crippen molar-refractivity contribution in [2.45, 2.75) is 26.4 Å². The summed E-state index contributed by atoms with van der Waals surface area (Å²) >= 11 is 3.40. The van der Waals surface area contributed by atoms with Gasteiger partial charge in [0, 0.05) is 35.6 Å². The van der Waals surface area contributed by atoms with Gasteiger partial charge < -0.3 is 14.9 Å². The molecule has 2 rings (SSSR count). The van der Waals surface area contributed by atoms with E-state index in [9.17, 15) is 4.79 Å². The molecule has 18 heavy (non-hydrogen) atoms. The topological polar surface area (TPSA) is 49.8 Å². The molecule has 1 amide bonds. The lowest BCUT2D eigenvalue weighted by atomic mass is 10.3. The fourth-order valence-corrected chi connectivity index (χ4v) is 2.23. The molecule has 4 nitrogen and oxygen atoms in total. The molecule has 0 fully saturated rings. The highest BCUT2D eigenvalue weighted by atomic mass is 79.9. The maximum absolute atomic E-state index is 12.1. The van der Waals surface area contributed by atoms with Crippen LogP contribution in [-0.4, -0.2) is 15.5 Å². The quantitative estimate of drug-likeness (QED) is 0.896. The first kappa shape index (κ1) is 13.0. The van der Waals surface area contributed by atoms with Gasteiger partial charge >= 0.3 is 0 Å². The van der Waals surface area contributed by atoms with Crippen molar-refractivity contribution in [2.75, 3.05) is 0 Å². The summed E-state index contributed by atoms with van der Waals surface area (Å²) in [4.78, 5) is 15.1. The second-order valence-corrected chi connectivity index (χ2v) is 5.36. The summed E-state index contributed by atoms with van der Waals surface area (Å²) in [6.07, 6.45) is 5.64. The Hall–Kier alpha value is -1.49. The molecule has 0 aliphatic rings. The average Bonchev–Trinajstić information content (AvgIpc) is 2.94. The van der Waals surface area contributed by atoms with Crippen LogP contribution in [0.3, 0.4) is 0 Å². The summed E-state index contributed by atoms with van der Waals surface area (Å²) in [5.41, 5.74) is 1.73. The summed E-state index contributed by atoms with van der Waals surface area (Å²) in [6.45, 7) is 4.63. The number of aromatic nitrogens is 2. The minimum atomic E-state index is -0.0596. The molecule has 0 saturated carbocycles. The zero-order valence-corrected chi connectivity index (χ0v) is 12.0. The summed E-state index contributed by atoms with van der Waals surface area (Å²) in [7, 11) is 0. The Morgan fingerprint density at radius 2 is 2.33 bits per heavy atom. The number of nitrogens with one attached hydrogen (secondary N) is 2. The molecule has 0 radical (unpaired) electrons. The van der Waals surface area contributed by atoms with Crippen molar-refractivity contribution in [1.82, 2.24) is 14.9 Å². The second kappa shape index (κ2) is 5.44. The minimum absolute atomic E-state index is 0.0596. The molecular weight excluding hydrogens is 294 g/mol. The van der Waals surface area contributed by atoms with Gasteiger partial charge in [0.05, 0.1) is 0 Å². The maximum atomic E-state index is 12.1. The molecule has 0 bridgehead atoms. The van der Waals surface area contributed by atoms with Gasteiger partial charge in [0.15, 0.2) is 0 Å². The molecule has 2 aromatic heterocycles. The third kappa shape index (κ3) is 2.85. The number of hydrogen-bond acceptors (Lipinski definition) is 1. The highest BCUT2D eigenvalue weighted by Crippen LogP contribution is 2.19. The maximum Gasteiger partial charge on any atom is 0.268 e. The van der Waals surface area contributed by atoms with E-state index in [-0.39, 0.29) is 11.9 Å². The minimum Gasteiger partial charge on any atom is -0.367 e. The van der Waals surface area contributed by atoms with Crippen LogP contribution in [0, 0.1) is 0 Å². The van der Waals surface area contributed by atoms with E-state index in [4.69, 9.17) is 0 Å². The van der Waals surface area contributed by atoms with Gasteiger partial charge in [-0.3, -0.25) is 4.79 Å².